The van der Waals surface area contributed by atoms with Crippen molar-refractivity contribution in [3.8, 4) is 0 Å². The van der Waals surface area contributed by atoms with E-state index < -0.39 is 0 Å². The van der Waals surface area contributed by atoms with E-state index in [4.69, 9.17) is 0 Å². The standard InChI is InChI=1S/C11H18N4/c1-2-9(12-7-1)3-6-11-14-13-8-15(11)10-4-5-10/h8-10,12H,1-7H2. The van der Waals surface area contributed by atoms with Crippen molar-refractivity contribution < 1.29 is 0 Å². The van der Waals surface area contributed by atoms with Gasteiger partial charge in [0.2, 0.25) is 0 Å². The molecule has 1 aromatic heterocycles. The molecule has 2 aliphatic rings. The topological polar surface area (TPSA) is 42.7 Å². The SMILES string of the molecule is c1nnc(CCC2CCCN2)n1C1CC1. The highest BCUT2D eigenvalue weighted by atomic mass is 15.3. The zero-order valence-corrected chi connectivity index (χ0v) is 9.02. The Morgan fingerprint density at radius 3 is 3.07 bits per heavy atom. The minimum atomic E-state index is 0.714. The van der Waals surface area contributed by atoms with E-state index in [1.165, 1.54) is 44.5 Å². The normalized spacial score (nSPS) is 26.0. The fourth-order valence-corrected chi connectivity index (χ4v) is 2.41. The molecule has 1 unspecified atom stereocenters. The van der Waals surface area contributed by atoms with Gasteiger partial charge in [-0.3, -0.25) is 0 Å². The zero-order chi connectivity index (χ0) is 10.1. The Kier molecular flexibility index (Phi) is 2.44. The van der Waals surface area contributed by atoms with Crippen LogP contribution in [0.15, 0.2) is 6.33 Å². The molecule has 4 heteroatoms. The number of nitrogens with zero attached hydrogens (tertiary/aromatic N) is 3. The second-order valence-corrected chi connectivity index (χ2v) is 4.72. The van der Waals surface area contributed by atoms with Gasteiger partial charge in [0.1, 0.15) is 12.2 Å². The Labute approximate surface area is 90.1 Å². The third kappa shape index (κ3) is 2.04. The van der Waals surface area contributed by atoms with Crippen LogP contribution in [0.25, 0.3) is 0 Å². The first-order chi connectivity index (χ1) is 7.43. The van der Waals surface area contributed by atoms with Gasteiger partial charge in [0.25, 0.3) is 0 Å². The Balaban J connectivity index is 1.58. The lowest BCUT2D eigenvalue weighted by molar-refractivity contribution is 0.537. The van der Waals surface area contributed by atoms with Crippen LogP contribution in [-0.4, -0.2) is 27.4 Å². The van der Waals surface area contributed by atoms with Gasteiger partial charge >= 0.3 is 0 Å². The molecule has 1 saturated carbocycles. The lowest BCUT2D eigenvalue weighted by atomic mass is 10.1. The fourth-order valence-electron chi connectivity index (χ4n) is 2.41. The number of aryl methyl sites for hydroxylation is 1. The molecule has 1 N–H and O–H groups in total. The molecule has 15 heavy (non-hydrogen) atoms. The van der Waals surface area contributed by atoms with E-state index in [2.05, 4.69) is 20.1 Å². The monoisotopic (exact) mass is 206 g/mol. The summed E-state index contributed by atoms with van der Waals surface area (Å²) in [6, 6.07) is 1.43. The molecular weight excluding hydrogens is 188 g/mol. The molecule has 0 amide bonds. The van der Waals surface area contributed by atoms with Gasteiger partial charge in [-0.1, -0.05) is 0 Å². The first kappa shape index (κ1) is 9.33. The number of hydrogen-bond donors (Lipinski definition) is 1. The van der Waals surface area contributed by atoms with Crippen molar-refractivity contribution in [1.82, 2.24) is 20.1 Å². The van der Waals surface area contributed by atoms with Gasteiger partial charge in [0.15, 0.2) is 0 Å². The minimum absolute atomic E-state index is 0.714. The molecule has 0 radical (unpaired) electrons. The van der Waals surface area contributed by atoms with Gasteiger partial charge in [-0.25, -0.2) is 0 Å². The molecule has 2 fully saturated rings. The number of rotatable bonds is 4. The molecule has 82 valence electrons. The van der Waals surface area contributed by atoms with Crippen molar-refractivity contribution in [3.63, 3.8) is 0 Å². The van der Waals surface area contributed by atoms with Crippen molar-refractivity contribution in [3.05, 3.63) is 12.2 Å². The van der Waals surface area contributed by atoms with Crippen molar-refractivity contribution in [1.29, 1.82) is 0 Å². The van der Waals surface area contributed by atoms with E-state index in [1.54, 1.807) is 0 Å². The maximum absolute atomic E-state index is 4.22. The molecule has 1 aliphatic carbocycles. The van der Waals surface area contributed by atoms with Crippen LogP contribution in [0.3, 0.4) is 0 Å². The van der Waals surface area contributed by atoms with Gasteiger partial charge in [0, 0.05) is 18.5 Å². The van der Waals surface area contributed by atoms with E-state index in [0.717, 1.165) is 6.42 Å². The van der Waals surface area contributed by atoms with Crippen LogP contribution >= 0.6 is 0 Å². The number of nitrogens with one attached hydrogen (secondary N) is 1. The summed E-state index contributed by atoms with van der Waals surface area (Å²) in [7, 11) is 0. The minimum Gasteiger partial charge on any atom is -0.314 e. The third-order valence-electron chi connectivity index (χ3n) is 3.47. The Bertz CT molecular complexity index is 323. The predicted octanol–water partition coefficient (Wildman–Crippen LogP) is 1.30. The van der Waals surface area contributed by atoms with Crippen molar-refractivity contribution in [2.75, 3.05) is 6.54 Å². The Hall–Kier alpha value is -0.900. The van der Waals surface area contributed by atoms with Gasteiger partial charge in [0.05, 0.1) is 0 Å². The van der Waals surface area contributed by atoms with Crippen molar-refractivity contribution in [2.24, 2.45) is 0 Å². The molecule has 4 nitrogen and oxygen atoms in total. The summed E-state index contributed by atoms with van der Waals surface area (Å²) >= 11 is 0. The molecule has 1 aliphatic heterocycles. The van der Waals surface area contributed by atoms with Crippen LogP contribution in [-0.2, 0) is 6.42 Å². The quantitative estimate of drug-likeness (QED) is 0.807. The lowest BCUT2D eigenvalue weighted by Gasteiger charge is -2.09. The molecule has 2 heterocycles. The van der Waals surface area contributed by atoms with E-state index in [9.17, 15) is 0 Å². The average molecular weight is 206 g/mol. The van der Waals surface area contributed by atoms with Crippen molar-refractivity contribution >= 4 is 0 Å². The van der Waals surface area contributed by atoms with Gasteiger partial charge in [-0.05, 0) is 38.6 Å². The highest BCUT2D eigenvalue weighted by molar-refractivity contribution is 4.95. The molecule has 3 rings (SSSR count). The lowest BCUT2D eigenvalue weighted by Crippen LogP contribution is -2.22. The van der Waals surface area contributed by atoms with Crippen molar-refractivity contribution in [2.45, 2.75) is 50.6 Å². The summed E-state index contributed by atoms with van der Waals surface area (Å²) in [4.78, 5) is 0. The summed E-state index contributed by atoms with van der Waals surface area (Å²) in [5, 5.41) is 11.8. The summed E-state index contributed by atoms with van der Waals surface area (Å²) in [6.45, 7) is 1.19. The van der Waals surface area contributed by atoms with E-state index in [-0.39, 0.29) is 0 Å². The largest absolute Gasteiger partial charge is 0.314 e. The van der Waals surface area contributed by atoms with Gasteiger partial charge in [-0.15, -0.1) is 10.2 Å². The summed E-state index contributed by atoms with van der Waals surface area (Å²) in [5.74, 6) is 1.19. The maximum atomic E-state index is 4.22. The van der Waals surface area contributed by atoms with E-state index in [1.807, 2.05) is 6.33 Å². The molecule has 1 saturated heterocycles. The van der Waals surface area contributed by atoms with Crippen LogP contribution in [0.4, 0.5) is 0 Å². The third-order valence-corrected chi connectivity index (χ3v) is 3.47. The van der Waals surface area contributed by atoms with Crippen LogP contribution in [0.2, 0.25) is 0 Å². The van der Waals surface area contributed by atoms with Crippen LogP contribution < -0.4 is 5.32 Å². The Morgan fingerprint density at radius 2 is 2.33 bits per heavy atom. The van der Waals surface area contributed by atoms with Crippen LogP contribution in [0.1, 0.15) is 44.0 Å². The highest BCUT2D eigenvalue weighted by Gasteiger charge is 2.26. The fraction of sp³-hybridized carbons (Fsp3) is 0.818. The van der Waals surface area contributed by atoms with E-state index >= 15 is 0 Å². The van der Waals surface area contributed by atoms with Crippen LogP contribution in [0, 0.1) is 0 Å². The molecule has 0 spiro atoms. The smallest absolute Gasteiger partial charge is 0.133 e. The Morgan fingerprint density at radius 1 is 1.40 bits per heavy atom. The van der Waals surface area contributed by atoms with E-state index in [0.29, 0.717) is 12.1 Å². The molecular formula is C11H18N4. The summed E-state index contributed by atoms with van der Waals surface area (Å²) in [5.41, 5.74) is 0. The zero-order valence-electron chi connectivity index (χ0n) is 9.02. The number of aromatic nitrogens is 3. The van der Waals surface area contributed by atoms with Gasteiger partial charge < -0.3 is 9.88 Å². The molecule has 1 aromatic rings. The molecule has 1 atom stereocenters. The average Bonchev–Trinajstić information content (AvgIpc) is 2.81. The first-order valence-corrected chi connectivity index (χ1v) is 6.05. The summed E-state index contributed by atoms with van der Waals surface area (Å²) < 4.78 is 2.27. The second kappa shape index (κ2) is 3.93. The van der Waals surface area contributed by atoms with Crippen LogP contribution in [0.5, 0.6) is 0 Å². The van der Waals surface area contributed by atoms with Gasteiger partial charge in [-0.2, -0.15) is 0 Å². The number of hydrogen-bond acceptors (Lipinski definition) is 3. The predicted molar refractivity (Wildman–Crippen MR) is 57.6 cm³/mol. The second-order valence-electron chi connectivity index (χ2n) is 4.72. The first-order valence-electron chi connectivity index (χ1n) is 6.05. The molecule has 0 bridgehead atoms. The summed E-state index contributed by atoms with van der Waals surface area (Å²) in [6.07, 6.45) is 9.48. The maximum Gasteiger partial charge on any atom is 0.133 e. The highest BCUT2D eigenvalue weighted by Crippen LogP contribution is 2.35. The molecule has 0 aromatic carbocycles.